The van der Waals surface area contributed by atoms with Gasteiger partial charge in [0, 0.05) is 24.8 Å². The van der Waals surface area contributed by atoms with Gasteiger partial charge in [-0.3, -0.25) is 4.79 Å². The zero-order valence-electron chi connectivity index (χ0n) is 10.7. The second-order valence-electron chi connectivity index (χ2n) is 4.77. The van der Waals surface area contributed by atoms with Crippen LogP contribution in [0.25, 0.3) is 0 Å². The lowest BCUT2D eigenvalue weighted by Gasteiger charge is -2.16. The molecule has 0 bridgehead atoms. The molecular formula is C13H14F2N2O3. The summed E-state index contributed by atoms with van der Waals surface area (Å²) < 4.78 is 34.4. The molecule has 1 N–H and O–H groups in total. The Hall–Kier alpha value is -2.05. The van der Waals surface area contributed by atoms with E-state index in [1.165, 1.54) is 12.1 Å². The monoisotopic (exact) mass is 284 g/mol. The molecule has 0 aromatic heterocycles. The van der Waals surface area contributed by atoms with Crippen LogP contribution in [0.2, 0.25) is 0 Å². The van der Waals surface area contributed by atoms with Gasteiger partial charge in [-0.25, -0.2) is 0 Å². The standard InChI is InChI=1S/C13H14F2N2O3/c14-13(15)19-10-4-3-9(7-11(10)20-13)16-8-12(18)17-5-1-2-6-17/h3-4,7,16H,1-2,5-6,8H2. The second-order valence-corrected chi connectivity index (χ2v) is 4.77. The maximum atomic E-state index is 12.9. The van der Waals surface area contributed by atoms with Crippen LogP contribution in [0.15, 0.2) is 18.2 Å². The van der Waals surface area contributed by atoms with Gasteiger partial charge in [-0.1, -0.05) is 0 Å². The molecule has 7 heteroatoms. The molecule has 0 saturated carbocycles. The Morgan fingerprint density at radius 2 is 1.95 bits per heavy atom. The van der Waals surface area contributed by atoms with Gasteiger partial charge in [0.15, 0.2) is 11.5 Å². The SMILES string of the molecule is O=C(CNc1ccc2c(c1)OC(F)(F)O2)N1CCCC1. The van der Waals surface area contributed by atoms with Gasteiger partial charge in [-0.05, 0) is 25.0 Å². The first-order valence-electron chi connectivity index (χ1n) is 6.45. The Kier molecular flexibility index (Phi) is 3.11. The highest BCUT2D eigenvalue weighted by Crippen LogP contribution is 2.42. The molecule has 0 atom stereocenters. The van der Waals surface area contributed by atoms with Crippen LogP contribution in [0.4, 0.5) is 14.5 Å². The van der Waals surface area contributed by atoms with Crippen LogP contribution in [0, 0.1) is 0 Å². The van der Waals surface area contributed by atoms with Crippen molar-refractivity contribution in [3.63, 3.8) is 0 Å². The molecule has 1 fully saturated rings. The first kappa shape index (κ1) is 13.0. The molecule has 3 rings (SSSR count). The van der Waals surface area contributed by atoms with Gasteiger partial charge in [0.1, 0.15) is 0 Å². The van der Waals surface area contributed by atoms with Crippen LogP contribution in [-0.2, 0) is 4.79 Å². The fourth-order valence-corrected chi connectivity index (χ4v) is 2.31. The van der Waals surface area contributed by atoms with Gasteiger partial charge in [0.05, 0.1) is 6.54 Å². The molecule has 0 aliphatic carbocycles. The minimum atomic E-state index is -3.62. The van der Waals surface area contributed by atoms with Crippen molar-refractivity contribution in [2.24, 2.45) is 0 Å². The summed E-state index contributed by atoms with van der Waals surface area (Å²) in [6.45, 7) is 1.71. The average molecular weight is 284 g/mol. The molecule has 0 unspecified atom stereocenters. The lowest BCUT2D eigenvalue weighted by Crippen LogP contribution is -2.32. The molecule has 1 aromatic carbocycles. The van der Waals surface area contributed by atoms with Crippen LogP contribution < -0.4 is 14.8 Å². The number of benzene rings is 1. The number of halogens is 2. The zero-order valence-corrected chi connectivity index (χ0v) is 10.7. The number of hydrogen-bond donors (Lipinski definition) is 1. The highest BCUT2D eigenvalue weighted by Gasteiger charge is 2.43. The lowest BCUT2D eigenvalue weighted by molar-refractivity contribution is -0.286. The third-order valence-corrected chi connectivity index (χ3v) is 3.30. The molecule has 2 heterocycles. The van der Waals surface area contributed by atoms with E-state index in [2.05, 4.69) is 14.8 Å². The van der Waals surface area contributed by atoms with E-state index in [4.69, 9.17) is 0 Å². The van der Waals surface area contributed by atoms with Crippen molar-refractivity contribution in [2.75, 3.05) is 25.0 Å². The molecule has 0 spiro atoms. The Labute approximate surface area is 114 Å². The van der Waals surface area contributed by atoms with Gasteiger partial charge in [-0.15, -0.1) is 8.78 Å². The number of alkyl halides is 2. The number of nitrogens with one attached hydrogen (secondary N) is 1. The first-order chi connectivity index (χ1) is 9.53. The van der Waals surface area contributed by atoms with Crippen LogP contribution in [0.5, 0.6) is 11.5 Å². The van der Waals surface area contributed by atoms with E-state index >= 15 is 0 Å². The van der Waals surface area contributed by atoms with Gasteiger partial charge >= 0.3 is 6.29 Å². The summed E-state index contributed by atoms with van der Waals surface area (Å²) >= 11 is 0. The largest absolute Gasteiger partial charge is 0.586 e. The summed E-state index contributed by atoms with van der Waals surface area (Å²) in [5.74, 6) is -0.0365. The number of rotatable bonds is 3. The number of hydrogen-bond acceptors (Lipinski definition) is 4. The van der Waals surface area contributed by atoms with E-state index in [0.29, 0.717) is 5.69 Å². The third kappa shape index (κ3) is 2.61. The fraction of sp³-hybridized carbons (Fsp3) is 0.462. The van der Waals surface area contributed by atoms with Gasteiger partial charge in [0.25, 0.3) is 0 Å². The minimum Gasteiger partial charge on any atom is -0.395 e. The predicted molar refractivity (Wildman–Crippen MR) is 66.9 cm³/mol. The van der Waals surface area contributed by atoms with E-state index in [1.807, 2.05) is 0 Å². The maximum Gasteiger partial charge on any atom is 0.586 e. The number of carbonyl (C=O) groups excluding carboxylic acids is 1. The Morgan fingerprint density at radius 3 is 2.70 bits per heavy atom. The number of fused-ring (bicyclic) bond motifs is 1. The maximum absolute atomic E-state index is 12.9. The molecule has 108 valence electrons. The summed E-state index contributed by atoms with van der Waals surface area (Å²) in [5.41, 5.74) is 0.539. The summed E-state index contributed by atoms with van der Waals surface area (Å²) in [5, 5.41) is 2.91. The third-order valence-electron chi connectivity index (χ3n) is 3.30. The van der Waals surface area contributed by atoms with Crippen LogP contribution >= 0.6 is 0 Å². The molecule has 5 nitrogen and oxygen atoms in total. The van der Waals surface area contributed by atoms with Crippen molar-refractivity contribution in [3.8, 4) is 11.5 Å². The minimum absolute atomic E-state index is 0.00509. The number of likely N-dealkylation sites (tertiary alicyclic amines) is 1. The van der Waals surface area contributed by atoms with E-state index in [-0.39, 0.29) is 24.0 Å². The van der Waals surface area contributed by atoms with Gasteiger partial charge < -0.3 is 19.7 Å². The molecule has 1 aromatic rings. The van der Waals surface area contributed by atoms with Crippen molar-refractivity contribution in [1.29, 1.82) is 0 Å². The van der Waals surface area contributed by atoms with Crippen molar-refractivity contribution in [1.82, 2.24) is 4.90 Å². The summed E-state index contributed by atoms with van der Waals surface area (Å²) in [7, 11) is 0. The number of ether oxygens (including phenoxy) is 2. The second kappa shape index (κ2) is 4.81. The number of nitrogens with zero attached hydrogens (tertiary/aromatic N) is 1. The summed E-state index contributed by atoms with van der Waals surface area (Å²) in [4.78, 5) is 13.6. The molecule has 1 amide bonds. The molecule has 2 aliphatic heterocycles. The number of anilines is 1. The van der Waals surface area contributed by atoms with E-state index in [0.717, 1.165) is 25.9 Å². The molecule has 20 heavy (non-hydrogen) atoms. The number of amides is 1. The molecular weight excluding hydrogens is 270 g/mol. The molecule has 1 saturated heterocycles. The fourth-order valence-electron chi connectivity index (χ4n) is 2.31. The van der Waals surface area contributed by atoms with E-state index < -0.39 is 6.29 Å². The Balaban J connectivity index is 1.60. The average Bonchev–Trinajstić information content (AvgIpc) is 3.00. The van der Waals surface area contributed by atoms with E-state index in [1.54, 1.807) is 11.0 Å². The molecule has 2 aliphatic rings. The summed E-state index contributed by atoms with van der Waals surface area (Å²) in [6, 6.07) is 4.35. The Morgan fingerprint density at radius 1 is 1.25 bits per heavy atom. The van der Waals surface area contributed by atoms with Gasteiger partial charge in [0.2, 0.25) is 5.91 Å². The zero-order chi connectivity index (χ0) is 14.2. The van der Waals surface area contributed by atoms with Crippen LogP contribution in [0.3, 0.4) is 0 Å². The first-order valence-corrected chi connectivity index (χ1v) is 6.45. The van der Waals surface area contributed by atoms with Crippen LogP contribution in [-0.4, -0.2) is 36.7 Å². The highest BCUT2D eigenvalue weighted by atomic mass is 19.3. The van der Waals surface area contributed by atoms with E-state index in [9.17, 15) is 13.6 Å². The topological polar surface area (TPSA) is 50.8 Å². The summed E-state index contributed by atoms with van der Waals surface area (Å²) in [6.07, 6.45) is -1.55. The smallest absolute Gasteiger partial charge is 0.395 e. The number of carbonyl (C=O) groups is 1. The normalized spacial score (nSPS) is 19.2. The van der Waals surface area contributed by atoms with Gasteiger partial charge in [-0.2, -0.15) is 0 Å². The van der Waals surface area contributed by atoms with Crippen molar-refractivity contribution >= 4 is 11.6 Å². The predicted octanol–water partition coefficient (Wildman–Crippen LogP) is 2.04. The quantitative estimate of drug-likeness (QED) is 0.923. The Bertz CT molecular complexity index is 530. The van der Waals surface area contributed by atoms with Crippen LogP contribution in [0.1, 0.15) is 12.8 Å². The van der Waals surface area contributed by atoms with Crippen molar-refractivity contribution < 1.29 is 23.0 Å². The highest BCUT2D eigenvalue weighted by molar-refractivity contribution is 5.81. The van der Waals surface area contributed by atoms with Crippen molar-refractivity contribution in [2.45, 2.75) is 19.1 Å². The molecule has 0 radical (unpaired) electrons. The van der Waals surface area contributed by atoms with Crippen molar-refractivity contribution in [3.05, 3.63) is 18.2 Å². The lowest BCUT2D eigenvalue weighted by atomic mass is 10.3.